The number of carbonyl (C=O) groups excluding carboxylic acids is 1. The van der Waals surface area contributed by atoms with Crippen molar-refractivity contribution < 1.29 is 4.79 Å². The van der Waals surface area contributed by atoms with Gasteiger partial charge < -0.3 is 4.90 Å². The van der Waals surface area contributed by atoms with Gasteiger partial charge in [-0.3, -0.25) is 9.69 Å². The van der Waals surface area contributed by atoms with E-state index in [1.165, 1.54) is 0 Å². The van der Waals surface area contributed by atoms with Gasteiger partial charge in [-0.15, -0.1) is 0 Å². The summed E-state index contributed by atoms with van der Waals surface area (Å²) >= 11 is 11.9. The van der Waals surface area contributed by atoms with E-state index in [9.17, 15) is 4.79 Å². The van der Waals surface area contributed by atoms with Crippen molar-refractivity contribution in [2.24, 2.45) is 0 Å². The Bertz CT molecular complexity index is 453. The highest BCUT2D eigenvalue weighted by Crippen LogP contribution is 2.20. The Balaban J connectivity index is 2.06. The average Bonchev–Trinajstić information content (AvgIpc) is 2.46. The molecule has 1 aromatic heterocycles. The minimum atomic E-state index is 0.144. The Morgan fingerprint density at radius 3 is 2.89 bits per heavy atom. The number of hydrogen-bond donors (Lipinski definition) is 0. The number of pyridine rings is 1. The van der Waals surface area contributed by atoms with Gasteiger partial charge in [0.15, 0.2) is 0 Å². The standard InChI is InChI=1S/C12H15Cl2N3O/c1-16-3-2-4-17(8-12(16)18)7-9-6-15-11(14)5-10(9)13/h5-6H,2-4,7-8H2,1H3. The molecule has 1 aliphatic rings. The SMILES string of the molecule is CN1CCCN(Cc2cnc(Cl)cc2Cl)CC1=O. The highest BCUT2D eigenvalue weighted by molar-refractivity contribution is 6.34. The lowest BCUT2D eigenvalue weighted by atomic mass is 10.2. The molecule has 0 aliphatic carbocycles. The fourth-order valence-electron chi connectivity index (χ4n) is 1.98. The third-order valence-corrected chi connectivity index (χ3v) is 3.60. The van der Waals surface area contributed by atoms with Crippen LogP contribution in [0.15, 0.2) is 12.3 Å². The number of carbonyl (C=O) groups is 1. The Morgan fingerprint density at radius 1 is 1.39 bits per heavy atom. The molecule has 1 aromatic rings. The second-order valence-corrected chi connectivity index (χ2v) is 5.27. The van der Waals surface area contributed by atoms with E-state index < -0.39 is 0 Å². The summed E-state index contributed by atoms with van der Waals surface area (Å²) in [5.41, 5.74) is 0.901. The summed E-state index contributed by atoms with van der Waals surface area (Å²) in [5.74, 6) is 0.144. The van der Waals surface area contributed by atoms with Crippen LogP contribution in [0.4, 0.5) is 0 Å². The van der Waals surface area contributed by atoms with Crippen molar-refractivity contribution in [2.75, 3.05) is 26.7 Å². The lowest BCUT2D eigenvalue weighted by Gasteiger charge is -2.19. The van der Waals surface area contributed by atoms with Crippen LogP contribution in [0.2, 0.25) is 10.2 Å². The van der Waals surface area contributed by atoms with E-state index in [0.717, 1.165) is 25.1 Å². The van der Waals surface area contributed by atoms with Gasteiger partial charge in [0.05, 0.1) is 6.54 Å². The summed E-state index contributed by atoms with van der Waals surface area (Å²) in [6.45, 7) is 2.75. The van der Waals surface area contributed by atoms with Gasteiger partial charge in [0, 0.05) is 43.5 Å². The third-order valence-electron chi connectivity index (χ3n) is 3.04. The molecule has 0 spiro atoms. The molecule has 0 radical (unpaired) electrons. The largest absolute Gasteiger partial charge is 0.345 e. The first-order chi connectivity index (χ1) is 8.56. The van der Waals surface area contributed by atoms with Crippen LogP contribution in [0.5, 0.6) is 0 Å². The Labute approximate surface area is 116 Å². The van der Waals surface area contributed by atoms with Gasteiger partial charge >= 0.3 is 0 Å². The van der Waals surface area contributed by atoms with Crippen LogP contribution < -0.4 is 0 Å². The van der Waals surface area contributed by atoms with Crippen LogP contribution in [-0.2, 0) is 11.3 Å². The molecule has 1 amide bonds. The first-order valence-corrected chi connectivity index (χ1v) is 6.58. The lowest BCUT2D eigenvalue weighted by Crippen LogP contribution is -2.34. The molecular formula is C12H15Cl2N3O. The normalized spacial score (nSPS) is 17.9. The first kappa shape index (κ1) is 13.6. The van der Waals surface area contributed by atoms with E-state index in [2.05, 4.69) is 9.88 Å². The van der Waals surface area contributed by atoms with Gasteiger partial charge in [-0.25, -0.2) is 4.98 Å². The van der Waals surface area contributed by atoms with Crippen molar-refractivity contribution >= 4 is 29.1 Å². The molecule has 0 bridgehead atoms. The smallest absolute Gasteiger partial charge is 0.236 e. The van der Waals surface area contributed by atoms with E-state index >= 15 is 0 Å². The van der Waals surface area contributed by atoms with Gasteiger partial charge in [-0.05, 0) is 12.5 Å². The summed E-state index contributed by atoms with van der Waals surface area (Å²) in [7, 11) is 1.84. The number of halogens is 2. The molecule has 2 heterocycles. The minimum Gasteiger partial charge on any atom is -0.345 e. The molecule has 1 saturated heterocycles. The summed E-state index contributed by atoms with van der Waals surface area (Å²) in [5, 5.41) is 0.982. The summed E-state index contributed by atoms with van der Waals surface area (Å²) in [4.78, 5) is 19.6. The second kappa shape index (κ2) is 5.87. The number of aromatic nitrogens is 1. The summed E-state index contributed by atoms with van der Waals surface area (Å²) in [6, 6.07) is 1.63. The monoisotopic (exact) mass is 287 g/mol. The van der Waals surface area contributed by atoms with Crippen LogP contribution in [0.25, 0.3) is 0 Å². The molecule has 1 aliphatic heterocycles. The fraction of sp³-hybridized carbons (Fsp3) is 0.500. The number of amides is 1. The molecule has 1 fully saturated rings. The van der Waals surface area contributed by atoms with Crippen molar-refractivity contribution in [3.05, 3.63) is 28.0 Å². The molecule has 18 heavy (non-hydrogen) atoms. The molecular weight excluding hydrogens is 273 g/mol. The van der Waals surface area contributed by atoms with E-state index in [4.69, 9.17) is 23.2 Å². The maximum atomic E-state index is 11.8. The van der Waals surface area contributed by atoms with Gasteiger partial charge in [0.25, 0.3) is 0 Å². The lowest BCUT2D eigenvalue weighted by molar-refractivity contribution is -0.129. The zero-order valence-corrected chi connectivity index (χ0v) is 11.7. The number of likely N-dealkylation sites (N-methyl/N-ethyl adjacent to an activating group) is 1. The molecule has 0 atom stereocenters. The topological polar surface area (TPSA) is 36.4 Å². The molecule has 4 nitrogen and oxygen atoms in total. The zero-order chi connectivity index (χ0) is 13.1. The Morgan fingerprint density at radius 2 is 2.17 bits per heavy atom. The Hall–Kier alpha value is -0.840. The van der Waals surface area contributed by atoms with Gasteiger partial charge in [0.2, 0.25) is 5.91 Å². The second-order valence-electron chi connectivity index (χ2n) is 4.48. The zero-order valence-electron chi connectivity index (χ0n) is 10.2. The molecule has 0 N–H and O–H groups in total. The molecule has 98 valence electrons. The number of nitrogens with zero attached hydrogens (tertiary/aromatic N) is 3. The highest BCUT2D eigenvalue weighted by Gasteiger charge is 2.19. The van der Waals surface area contributed by atoms with E-state index in [0.29, 0.717) is 23.3 Å². The molecule has 0 saturated carbocycles. The van der Waals surface area contributed by atoms with Gasteiger partial charge in [0.1, 0.15) is 5.15 Å². The molecule has 0 unspecified atom stereocenters. The van der Waals surface area contributed by atoms with Crippen molar-refractivity contribution in [3.63, 3.8) is 0 Å². The van der Waals surface area contributed by atoms with Crippen molar-refractivity contribution in [3.8, 4) is 0 Å². The molecule has 6 heteroatoms. The van der Waals surface area contributed by atoms with E-state index in [-0.39, 0.29) is 5.91 Å². The highest BCUT2D eigenvalue weighted by atomic mass is 35.5. The molecule has 0 aromatic carbocycles. The predicted molar refractivity (Wildman–Crippen MR) is 71.8 cm³/mol. The van der Waals surface area contributed by atoms with Crippen LogP contribution in [0.1, 0.15) is 12.0 Å². The third kappa shape index (κ3) is 3.34. The maximum Gasteiger partial charge on any atom is 0.236 e. The van der Waals surface area contributed by atoms with Crippen LogP contribution in [-0.4, -0.2) is 47.4 Å². The minimum absolute atomic E-state index is 0.144. The predicted octanol–water partition coefficient (Wildman–Crippen LogP) is 2.05. The fourth-order valence-corrected chi connectivity index (χ4v) is 2.40. The van der Waals surface area contributed by atoms with Crippen LogP contribution >= 0.6 is 23.2 Å². The quantitative estimate of drug-likeness (QED) is 0.782. The van der Waals surface area contributed by atoms with E-state index in [1.807, 2.05) is 7.05 Å². The maximum absolute atomic E-state index is 11.8. The first-order valence-electron chi connectivity index (χ1n) is 5.82. The molecule has 2 rings (SSSR count). The van der Waals surface area contributed by atoms with Crippen molar-refractivity contribution in [2.45, 2.75) is 13.0 Å². The Kier molecular flexibility index (Phi) is 4.43. The van der Waals surface area contributed by atoms with Crippen LogP contribution in [0.3, 0.4) is 0 Å². The van der Waals surface area contributed by atoms with Crippen LogP contribution in [0, 0.1) is 0 Å². The van der Waals surface area contributed by atoms with Crippen molar-refractivity contribution in [1.82, 2.24) is 14.8 Å². The van der Waals surface area contributed by atoms with Crippen molar-refractivity contribution in [1.29, 1.82) is 0 Å². The number of rotatable bonds is 2. The number of hydrogen-bond acceptors (Lipinski definition) is 3. The average molecular weight is 288 g/mol. The summed E-state index contributed by atoms with van der Waals surface area (Å²) < 4.78 is 0. The summed E-state index contributed by atoms with van der Waals surface area (Å²) in [6.07, 6.45) is 2.64. The van der Waals surface area contributed by atoms with Gasteiger partial charge in [-0.2, -0.15) is 0 Å². The van der Waals surface area contributed by atoms with E-state index in [1.54, 1.807) is 17.2 Å². The van der Waals surface area contributed by atoms with Gasteiger partial charge in [-0.1, -0.05) is 23.2 Å².